The molecular weight excluding hydrogens is 244 g/mol. The summed E-state index contributed by atoms with van der Waals surface area (Å²) < 4.78 is 0. The van der Waals surface area contributed by atoms with Crippen molar-refractivity contribution in [2.75, 3.05) is 13.6 Å². The van der Waals surface area contributed by atoms with Gasteiger partial charge in [0.1, 0.15) is 0 Å². The van der Waals surface area contributed by atoms with Gasteiger partial charge in [-0.2, -0.15) is 0 Å². The Labute approximate surface area is 114 Å². The van der Waals surface area contributed by atoms with Crippen LogP contribution in [-0.4, -0.2) is 29.4 Å². The molecule has 0 aliphatic rings. The number of hydrogen-bond acceptors (Lipinski definition) is 2. The van der Waals surface area contributed by atoms with Gasteiger partial charge >= 0.3 is 0 Å². The van der Waals surface area contributed by atoms with Crippen LogP contribution in [0.4, 0.5) is 0 Å². The molecule has 0 saturated heterocycles. The van der Waals surface area contributed by atoms with Crippen molar-refractivity contribution in [3.63, 3.8) is 0 Å². The van der Waals surface area contributed by atoms with E-state index in [1.54, 1.807) is 11.9 Å². The Morgan fingerprint density at radius 1 is 1.44 bits per heavy atom. The Morgan fingerprint density at radius 2 is 2.06 bits per heavy atom. The number of amides is 1. The molecule has 3 nitrogen and oxygen atoms in total. The predicted molar refractivity (Wildman–Crippen MR) is 78.5 cm³/mol. The molecule has 1 aromatic carbocycles. The van der Waals surface area contributed by atoms with Gasteiger partial charge in [-0.3, -0.25) is 4.79 Å². The van der Waals surface area contributed by atoms with E-state index in [4.69, 9.17) is 18.0 Å². The van der Waals surface area contributed by atoms with Crippen LogP contribution >= 0.6 is 12.2 Å². The molecule has 0 aliphatic heterocycles. The number of nitrogens with two attached hydrogens (primary N) is 1. The van der Waals surface area contributed by atoms with Gasteiger partial charge in [-0.25, -0.2) is 0 Å². The second kappa shape index (κ2) is 6.50. The van der Waals surface area contributed by atoms with Gasteiger partial charge in [0.25, 0.3) is 0 Å². The summed E-state index contributed by atoms with van der Waals surface area (Å²) in [5.74, 6) is 0.137. The smallest absolute Gasteiger partial charge is 0.226 e. The van der Waals surface area contributed by atoms with Crippen molar-refractivity contribution in [3.05, 3.63) is 35.4 Å². The fourth-order valence-corrected chi connectivity index (χ4v) is 1.78. The molecule has 1 unspecified atom stereocenters. The van der Waals surface area contributed by atoms with Gasteiger partial charge in [-0.1, -0.05) is 43.4 Å². The van der Waals surface area contributed by atoms with Crippen molar-refractivity contribution < 1.29 is 4.79 Å². The van der Waals surface area contributed by atoms with Crippen LogP contribution in [0.5, 0.6) is 0 Å². The predicted octanol–water partition coefficient (Wildman–Crippen LogP) is 1.92. The first kappa shape index (κ1) is 14.6. The van der Waals surface area contributed by atoms with Gasteiger partial charge < -0.3 is 10.6 Å². The maximum atomic E-state index is 12.1. The standard InChI is InChI=1S/C14H20N2OS/c1-10-6-4-5-7-12(10)8-13(17)16(3)9-11(2)14(15)18/h4-7,11H,8-9H2,1-3H3,(H2,15,18). The molecule has 18 heavy (non-hydrogen) atoms. The van der Waals surface area contributed by atoms with Gasteiger partial charge in [-0.05, 0) is 18.1 Å². The minimum Gasteiger partial charge on any atom is -0.393 e. The van der Waals surface area contributed by atoms with Crippen LogP contribution < -0.4 is 5.73 Å². The first-order valence-corrected chi connectivity index (χ1v) is 6.40. The van der Waals surface area contributed by atoms with E-state index in [1.165, 1.54) is 0 Å². The topological polar surface area (TPSA) is 46.3 Å². The number of thiocarbonyl (C=S) groups is 1. The lowest BCUT2D eigenvalue weighted by Crippen LogP contribution is -2.36. The third kappa shape index (κ3) is 4.11. The molecule has 98 valence electrons. The van der Waals surface area contributed by atoms with Gasteiger partial charge in [0, 0.05) is 19.5 Å². The SMILES string of the molecule is Cc1ccccc1CC(=O)N(C)CC(C)C(N)=S. The number of carbonyl (C=O) groups is 1. The summed E-state index contributed by atoms with van der Waals surface area (Å²) in [6.07, 6.45) is 0.424. The van der Waals surface area contributed by atoms with E-state index in [-0.39, 0.29) is 11.8 Å². The quantitative estimate of drug-likeness (QED) is 0.827. The molecule has 1 rings (SSSR count). The van der Waals surface area contributed by atoms with E-state index in [0.717, 1.165) is 11.1 Å². The molecule has 2 N–H and O–H groups in total. The van der Waals surface area contributed by atoms with E-state index in [9.17, 15) is 4.79 Å². The summed E-state index contributed by atoms with van der Waals surface area (Å²) in [6.45, 7) is 4.51. The van der Waals surface area contributed by atoms with Crippen LogP contribution in [0.15, 0.2) is 24.3 Å². The van der Waals surface area contributed by atoms with Crippen molar-refractivity contribution >= 4 is 23.1 Å². The molecule has 0 heterocycles. The summed E-state index contributed by atoms with van der Waals surface area (Å²) >= 11 is 4.91. The number of rotatable bonds is 5. The molecule has 0 spiro atoms. The number of carbonyl (C=O) groups excluding carboxylic acids is 1. The lowest BCUT2D eigenvalue weighted by Gasteiger charge is -2.21. The van der Waals surface area contributed by atoms with Crippen LogP contribution in [0.2, 0.25) is 0 Å². The molecule has 1 aromatic rings. The highest BCUT2D eigenvalue weighted by atomic mass is 32.1. The highest BCUT2D eigenvalue weighted by molar-refractivity contribution is 7.80. The summed E-state index contributed by atoms with van der Waals surface area (Å²) in [7, 11) is 1.79. The van der Waals surface area contributed by atoms with Gasteiger partial charge in [-0.15, -0.1) is 0 Å². The lowest BCUT2D eigenvalue weighted by atomic mass is 10.0. The highest BCUT2D eigenvalue weighted by Gasteiger charge is 2.15. The van der Waals surface area contributed by atoms with Crippen molar-refractivity contribution in [3.8, 4) is 0 Å². The zero-order chi connectivity index (χ0) is 13.7. The summed E-state index contributed by atoms with van der Waals surface area (Å²) in [4.78, 5) is 14.2. The minimum absolute atomic E-state index is 0.0471. The second-order valence-electron chi connectivity index (χ2n) is 4.68. The van der Waals surface area contributed by atoms with Crippen LogP contribution in [0.3, 0.4) is 0 Å². The van der Waals surface area contributed by atoms with E-state index >= 15 is 0 Å². The molecular formula is C14H20N2OS. The third-order valence-corrected chi connectivity index (χ3v) is 3.46. The van der Waals surface area contributed by atoms with Crippen molar-refractivity contribution in [1.82, 2.24) is 4.90 Å². The Balaban J connectivity index is 2.61. The van der Waals surface area contributed by atoms with Crippen LogP contribution in [-0.2, 0) is 11.2 Å². The van der Waals surface area contributed by atoms with Crippen LogP contribution in [0, 0.1) is 12.8 Å². The minimum atomic E-state index is 0.0471. The Bertz CT molecular complexity index is 445. The maximum absolute atomic E-state index is 12.1. The number of nitrogens with zero attached hydrogens (tertiary/aromatic N) is 1. The normalized spacial score (nSPS) is 11.9. The molecule has 0 radical (unpaired) electrons. The Kier molecular flexibility index (Phi) is 5.28. The van der Waals surface area contributed by atoms with Gasteiger partial charge in [0.05, 0.1) is 11.4 Å². The average Bonchev–Trinajstić information content (AvgIpc) is 2.31. The van der Waals surface area contributed by atoms with Crippen molar-refractivity contribution in [1.29, 1.82) is 0 Å². The zero-order valence-electron chi connectivity index (χ0n) is 11.1. The molecule has 1 amide bonds. The molecule has 1 atom stereocenters. The van der Waals surface area contributed by atoms with Gasteiger partial charge in [0.15, 0.2) is 0 Å². The highest BCUT2D eigenvalue weighted by Crippen LogP contribution is 2.09. The second-order valence-corrected chi connectivity index (χ2v) is 5.15. The third-order valence-electron chi connectivity index (χ3n) is 3.06. The fraction of sp³-hybridized carbons (Fsp3) is 0.429. The molecule has 0 bridgehead atoms. The summed E-state index contributed by atoms with van der Waals surface area (Å²) in [5, 5.41) is 0. The number of likely N-dealkylation sites (N-methyl/N-ethyl adjacent to an activating group) is 1. The first-order chi connectivity index (χ1) is 8.41. The van der Waals surface area contributed by atoms with Crippen molar-refractivity contribution in [2.45, 2.75) is 20.3 Å². The summed E-state index contributed by atoms with van der Waals surface area (Å²) in [5.41, 5.74) is 7.76. The van der Waals surface area contributed by atoms with E-state index in [0.29, 0.717) is 18.0 Å². The fourth-order valence-electron chi connectivity index (χ4n) is 1.71. The van der Waals surface area contributed by atoms with E-state index < -0.39 is 0 Å². The molecule has 0 aromatic heterocycles. The monoisotopic (exact) mass is 264 g/mol. The number of hydrogen-bond donors (Lipinski definition) is 1. The molecule has 0 saturated carbocycles. The number of benzene rings is 1. The largest absolute Gasteiger partial charge is 0.393 e. The first-order valence-electron chi connectivity index (χ1n) is 5.99. The molecule has 0 fully saturated rings. The lowest BCUT2D eigenvalue weighted by molar-refractivity contribution is -0.129. The molecule has 0 aliphatic carbocycles. The number of aryl methyl sites for hydroxylation is 1. The van der Waals surface area contributed by atoms with Gasteiger partial charge in [0.2, 0.25) is 5.91 Å². The zero-order valence-corrected chi connectivity index (χ0v) is 12.0. The molecule has 4 heteroatoms. The van der Waals surface area contributed by atoms with Crippen LogP contribution in [0.1, 0.15) is 18.1 Å². The summed E-state index contributed by atoms with van der Waals surface area (Å²) in [6, 6.07) is 7.92. The maximum Gasteiger partial charge on any atom is 0.226 e. The van der Waals surface area contributed by atoms with E-state index in [1.807, 2.05) is 38.1 Å². The average molecular weight is 264 g/mol. The van der Waals surface area contributed by atoms with Crippen molar-refractivity contribution in [2.24, 2.45) is 11.7 Å². The Morgan fingerprint density at radius 3 is 2.61 bits per heavy atom. The Hall–Kier alpha value is -1.42. The van der Waals surface area contributed by atoms with Crippen LogP contribution in [0.25, 0.3) is 0 Å². The van der Waals surface area contributed by atoms with E-state index in [2.05, 4.69) is 0 Å².